The van der Waals surface area contributed by atoms with Crippen molar-refractivity contribution in [3.05, 3.63) is 34.9 Å². The molecule has 1 heterocycles. The zero-order valence-corrected chi connectivity index (χ0v) is 15.4. The van der Waals surface area contributed by atoms with Crippen molar-refractivity contribution in [1.82, 2.24) is 5.32 Å². The molecule has 1 fully saturated rings. The Morgan fingerprint density at radius 1 is 1.14 bits per heavy atom. The van der Waals surface area contributed by atoms with E-state index < -0.39 is 0 Å². The highest BCUT2D eigenvalue weighted by Crippen LogP contribution is 2.36. The lowest BCUT2D eigenvalue weighted by Crippen LogP contribution is -2.46. The molecule has 1 aliphatic rings. The predicted octanol–water partition coefficient (Wildman–Crippen LogP) is 4.45. The Balaban J connectivity index is 2.11. The Kier molecular flexibility index (Phi) is 6.97. The van der Waals surface area contributed by atoms with E-state index in [9.17, 15) is 0 Å². The smallest absolute Gasteiger partial charge is 0.0323 e. The van der Waals surface area contributed by atoms with Crippen LogP contribution in [0.15, 0.2) is 18.2 Å². The fourth-order valence-corrected chi connectivity index (χ4v) is 6.33. The molecule has 1 aromatic rings. The average Bonchev–Trinajstić information content (AvgIpc) is 2.50. The molecule has 1 nitrogen and oxygen atoms in total. The van der Waals surface area contributed by atoms with E-state index in [-0.39, 0.29) is 0 Å². The number of nitrogens with one attached hydrogen (secondary N) is 1. The van der Waals surface area contributed by atoms with Crippen LogP contribution in [0.2, 0.25) is 0 Å². The van der Waals surface area contributed by atoms with E-state index >= 15 is 0 Å². The van der Waals surface area contributed by atoms with Gasteiger partial charge >= 0.3 is 0 Å². The van der Waals surface area contributed by atoms with Crippen LogP contribution in [-0.4, -0.2) is 34.6 Å². The number of benzene rings is 1. The summed E-state index contributed by atoms with van der Waals surface area (Å²) >= 11 is 4.37. The van der Waals surface area contributed by atoms with Crippen LogP contribution in [0.25, 0.3) is 0 Å². The van der Waals surface area contributed by atoms with Gasteiger partial charge in [0.15, 0.2) is 0 Å². The van der Waals surface area contributed by atoms with E-state index in [0.29, 0.717) is 6.04 Å². The lowest BCUT2D eigenvalue weighted by molar-refractivity contribution is 0.490. The predicted molar refractivity (Wildman–Crippen MR) is 99.9 cm³/mol. The Morgan fingerprint density at radius 2 is 1.90 bits per heavy atom. The molecule has 0 bridgehead atoms. The van der Waals surface area contributed by atoms with Crippen LogP contribution in [0.3, 0.4) is 0 Å². The van der Waals surface area contributed by atoms with Crippen LogP contribution in [0.1, 0.15) is 37.0 Å². The van der Waals surface area contributed by atoms with Crippen LogP contribution < -0.4 is 5.32 Å². The molecule has 0 spiro atoms. The van der Waals surface area contributed by atoms with Gasteiger partial charge in [-0.3, -0.25) is 0 Å². The summed E-state index contributed by atoms with van der Waals surface area (Å²) in [6.45, 7) is 10.1. The van der Waals surface area contributed by atoms with Crippen molar-refractivity contribution in [1.29, 1.82) is 0 Å². The summed E-state index contributed by atoms with van der Waals surface area (Å²) in [4.78, 5) is 0. The lowest BCUT2D eigenvalue weighted by atomic mass is 9.97. The van der Waals surface area contributed by atoms with Gasteiger partial charge in [-0.25, -0.2) is 0 Å². The number of likely N-dealkylation sites (N-methyl/N-ethyl adjacent to an activating group) is 1. The maximum atomic E-state index is 3.77. The summed E-state index contributed by atoms with van der Waals surface area (Å²) in [5, 5.41) is 5.32. The van der Waals surface area contributed by atoms with Crippen molar-refractivity contribution in [2.24, 2.45) is 0 Å². The van der Waals surface area contributed by atoms with Crippen LogP contribution in [0.4, 0.5) is 0 Å². The maximum Gasteiger partial charge on any atom is 0.0323 e. The number of hydrogen-bond donors (Lipinski definition) is 1. The topological polar surface area (TPSA) is 12.0 Å². The third-order valence-electron chi connectivity index (χ3n) is 4.38. The van der Waals surface area contributed by atoms with E-state index in [1.54, 1.807) is 0 Å². The Labute approximate surface area is 139 Å². The van der Waals surface area contributed by atoms with Gasteiger partial charge in [0, 0.05) is 28.0 Å². The van der Waals surface area contributed by atoms with Gasteiger partial charge in [0.1, 0.15) is 0 Å². The fourth-order valence-electron chi connectivity index (χ4n) is 3.06. The molecule has 0 amide bonds. The van der Waals surface area contributed by atoms with E-state index in [1.165, 1.54) is 34.6 Å². The monoisotopic (exact) mass is 323 g/mol. The van der Waals surface area contributed by atoms with Gasteiger partial charge in [0.05, 0.1) is 0 Å². The second-order valence-electron chi connectivity index (χ2n) is 5.94. The molecule has 3 atom stereocenters. The van der Waals surface area contributed by atoms with E-state index in [4.69, 9.17) is 0 Å². The molecule has 118 valence electrons. The van der Waals surface area contributed by atoms with Crippen molar-refractivity contribution >= 4 is 23.5 Å². The van der Waals surface area contributed by atoms with Gasteiger partial charge in [-0.15, -0.1) is 0 Å². The van der Waals surface area contributed by atoms with Gasteiger partial charge in [-0.05, 0) is 49.9 Å². The number of rotatable bonds is 6. The minimum Gasteiger partial charge on any atom is -0.313 e. The molecule has 21 heavy (non-hydrogen) atoms. The first-order chi connectivity index (χ1) is 10.2. The van der Waals surface area contributed by atoms with Crippen molar-refractivity contribution in [3.63, 3.8) is 0 Å². The number of aryl methyl sites for hydroxylation is 2. The lowest BCUT2D eigenvalue weighted by Gasteiger charge is -2.36. The highest BCUT2D eigenvalue weighted by atomic mass is 32.2. The third kappa shape index (κ3) is 4.67. The summed E-state index contributed by atoms with van der Waals surface area (Å²) in [5.74, 6) is 2.63. The van der Waals surface area contributed by atoms with Crippen LogP contribution in [0.5, 0.6) is 0 Å². The zero-order valence-electron chi connectivity index (χ0n) is 13.8. The Hall–Kier alpha value is -0.120. The van der Waals surface area contributed by atoms with E-state index in [2.05, 4.69) is 74.7 Å². The molecule has 2 rings (SSSR count). The first kappa shape index (κ1) is 17.2. The van der Waals surface area contributed by atoms with Gasteiger partial charge in [-0.2, -0.15) is 23.5 Å². The summed E-state index contributed by atoms with van der Waals surface area (Å²) in [6, 6.07) is 7.56. The van der Waals surface area contributed by atoms with Crippen LogP contribution in [0, 0.1) is 13.8 Å². The van der Waals surface area contributed by atoms with Crippen LogP contribution in [-0.2, 0) is 6.42 Å². The third-order valence-corrected chi connectivity index (χ3v) is 7.79. The molecule has 3 unspecified atom stereocenters. The molecular formula is C18H29NS2. The van der Waals surface area contributed by atoms with Crippen LogP contribution >= 0.6 is 23.5 Å². The molecule has 1 saturated heterocycles. The molecular weight excluding hydrogens is 294 g/mol. The first-order valence-corrected chi connectivity index (χ1v) is 10.3. The second kappa shape index (κ2) is 8.50. The van der Waals surface area contributed by atoms with Crippen molar-refractivity contribution in [2.45, 2.75) is 57.1 Å². The van der Waals surface area contributed by atoms with Gasteiger partial charge in [0.25, 0.3) is 0 Å². The average molecular weight is 324 g/mol. The van der Waals surface area contributed by atoms with E-state index in [1.807, 2.05) is 0 Å². The molecule has 0 aliphatic carbocycles. The number of thioether (sulfide) groups is 2. The second-order valence-corrected chi connectivity index (χ2v) is 8.57. The summed E-state index contributed by atoms with van der Waals surface area (Å²) in [6.07, 6.45) is 2.45. The van der Waals surface area contributed by atoms with Gasteiger partial charge < -0.3 is 5.32 Å². The normalized spacial score (nSPS) is 24.0. The van der Waals surface area contributed by atoms with E-state index in [0.717, 1.165) is 23.5 Å². The number of hydrogen-bond acceptors (Lipinski definition) is 3. The Morgan fingerprint density at radius 3 is 2.57 bits per heavy atom. The van der Waals surface area contributed by atoms with Crippen molar-refractivity contribution < 1.29 is 0 Å². The maximum absolute atomic E-state index is 3.77. The highest BCUT2D eigenvalue weighted by molar-refractivity contribution is 8.07. The summed E-state index contributed by atoms with van der Waals surface area (Å²) in [7, 11) is 0. The minimum absolute atomic E-state index is 0.597. The van der Waals surface area contributed by atoms with Gasteiger partial charge in [-0.1, -0.05) is 32.0 Å². The van der Waals surface area contributed by atoms with Crippen molar-refractivity contribution in [3.8, 4) is 0 Å². The molecule has 0 radical (unpaired) electrons. The standard InChI is InChI=1S/C18H29NS2/c1-5-17-18(21-10-9-20-17)16(19-6-2)12-15-8-7-13(3)14(4)11-15/h7-8,11,16-19H,5-6,9-10,12H2,1-4H3. The molecule has 1 aromatic carbocycles. The quantitative estimate of drug-likeness (QED) is 0.830. The molecule has 1 N–H and O–H groups in total. The largest absolute Gasteiger partial charge is 0.313 e. The van der Waals surface area contributed by atoms with Gasteiger partial charge in [0.2, 0.25) is 0 Å². The Bertz CT molecular complexity index is 447. The first-order valence-electron chi connectivity index (χ1n) is 8.18. The highest BCUT2D eigenvalue weighted by Gasteiger charge is 2.31. The molecule has 0 aromatic heterocycles. The van der Waals surface area contributed by atoms with Crippen molar-refractivity contribution in [2.75, 3.05) is 18.1 Å². The summed E-state index contributed by atoms with van der Waals surface area (Å²) < 4.78 is 0. The minimum atomic E-state index is 0.597. The summed E-state index contributed by atoms with van der Waals surface area (Å²) in [5.41, 5.74) is 4.29. The molecule has 0 saturated carbocycles. The fraction of sp³-hybridized carbons (Fsp3) is 0.667. The SMILES string of the molecule is CCNC(Cc1ccc(C)c(C)c1)C1SCCSC1CC. The zero-order chi connectivity index (χ0) is 15.2. The molecule has 1 aliphatic heterocycles. The molecule has 3 heteroatoms.